The molecule has 1 heterocycles. The van der Waals surface area contributed by atoms with Crippen molar-refractivity contribution in [3.05, 3.63) is 57.3 Å². The Morgan fingerprint density at radius 3 is 2.89 bits per heavy atom. The van der Waals surface area contributed by atoms with E-state index in [1.807, 2.05) is 36.6 Å². The maximum atomic E-state index is 11.6. The first-order valence-corrected chi connectivity index (χ1v) is 6.94. The van der Waals surface area contributed by atoms with Crippen LogP contribution in [0.4, 0.5) is 5.69 Å². The molecular weight excluding hydrogens is 280 g/mol. The second-order valence-electron chi connectivity index (χ2n) is 3.93. The molecule has 0 fully saturated rings. The topological polar surface area (TPSA) is 41.1 Å². The predicted molar refractivity (Wildman–Crippen MR) is 81.3 cm³/mol. The highest BCUT2D eigenvalue weighted by Crippen LogP contribution is 2.19. The van der Waals surface area contributed by atoms with Gasteiger partial charge in [0.1, 0.15) is 0 Å². The largest absolute Gasteiger partial charge is 0.298 e. The number of anilines is 1. The fourth-order valence-electron chi connectivity index (χ4n) is 1.39. The van der Waals surface area contributed by atoms with Crippen molar-refractivity contribution >= 4 is 40.6 Å². The standard InChI is InChI=1S/C14H13ClN2OS/c1-10-4-5-11(9-13(10)15)16-17-14(18)7-6-12-3-2-8-19-12/h2-9,16H,1H3,(H,17,18). The number of hydrogen-bond donors (Lipinski definition) is 2. The lowest BCUT2D eigenvalue weighted by molar-refractivity contribution is -0.115. The molecule has 0 unspecified atom stereocenters. The zero-order chi connectivity index (χ0) is 13.7. The van der Waals surface area contributed by atoms with Crippen LogP contribution in [-0.4, -0.2) is 5.91 Å². The summed E-state index contributed by atoms with van der Waals surface area (Å²) >= 11 is 7.57. The summed E-state index contributed by atoms with van der Waals surface area (Å²) in [6, 6.07) is 9.39. The highest BCUT2D eigenvalue weighted by Gasteiger charge is 1.99. The van der Waals surface area contributed by atoms with Crippen LogP contribution in [0.25, 0.3) is 6.08 Å². The smallest absolute Gasteiger partial charge is 0.262 e. The Morgan fingerprint density at radius 1 is 1.37 bits per heavy atom. The second-order valence-corrected chi connectivity index (χ2v) is 5.31. The van der Waals surface area contributed by atoms with Gasteiger partial charge in [-0.1, -0.05) is 23.7 Å². The van der Waals surface area contributed by atoms with Gasteiger partial charge in [-0.2, -0.15) is 0 Å². The van der Waals surface area contributed by atoms with Crippen LogP contribution in [0.3, 0.4) is 0 Å². The third-order valence-corrected chi connectivity index (χ3v) is 3.69. The molecule has 0 bridgehead atoms. The minimum atomic E-state index is -0.218. The number of amides is 1. The molecule has 0 saturated carbocycles. The zero-order valence-electron chi connectivity index (χ0n) is 10.3. The van der Waals surface area contributed by atoms with Crippen LogP contribution in [-0.2, 0) is 4.79 Å². The molecule has 2 aromatic rings. The van der Waals surface area contributed by atoms with E-state index in [0.717, 1.165) is 16.1 Å². The molecule has 0 radical (unpaired) electrons. The Labute approximate surface area is 120 Å². The molecule has 0 aliphatic heterocycles. The van der Waals surface area contributed by atoms with Crippen LogP contribution < -0.4 is 10.9 Å². The van der Waals surface area contributed by atoms with E-state index in [0.29, 0.717) is 5.02 Å². The fourth-order valence-corrected chi connectivity index (χ4v) is 2.19. The van der Waals surface area contributed by atoms with Crippen molar-refractivity contribution < 1.29 is 4.79 Å². The van der Waals surface area contributed by atoms with Gasteiger partial charge >= 0.3 is 0 Å². The van der Waals surface area contributed by atoms with Gasteiger partial charge in [-0.3, -0.25) is 15.6 Å². The lowest BCUT2D eigenvalue weighted by Crippen LogP contribution is -2.27. The van der Waals surface area contributed by atoms with Gasteiger partial charge < -0.3 is 0 Å². The van der Waals surface area contributed by atoms with E-state index < -0.39 is 0 Å². The number of carbonyl (C=O) groups is 1. The minimum absolute atomic E-state index is 0.218. The molecule has 98 valence electrons. The van der Waals surface area contributed by atoms with E-state index in [1.54, 1.807) is 23.5 Å². The van der Waals surface area contributed by atoms with Crippen molar-refractivity contribution in [3.63, 3.8) is 0 Å². The minimum Gasteiger partial charge on any atom is -0.298 e. The van der Waals surface area contributed by atoms with E-state index in [1.165, 1.54) is 6.08 Å². The van der Waals surface area contributed by atoms with Crippen molar-refractivity contribution in [2.75, 3.05) is 5.43 Å². The quantitative estimate of drug-likeness (QED) is 0.663. The lowest BCUT2D eigenvalue weighted by atomic mass is 10.2. The lowest BCUT2D eigenvalue weighted by Gasteiger charge is -2.07. The Morgan fingerprint density at radius 2 is 2.21 bits per heavy atom. The predicted octanol–water partition coefficient (Wildman–Crippen LogP) is 3.87. The molecular formula is C14H13ClN2OS. The molecule has 2 rings (SSSR count). The van der Waals surface area contributed by atoms with Gasteiger partial charge in [-0.05, 0) is 42.1 Å². The van der Waals surface area contributed by atoms with Gasteiger partial charge in [0, 0.05) is 16.0 Å². The number of hydrazine groups is 1. The Bertz CT molecular complexity index is 593. The van der Waals surface area contributed by atoms with Gasteiger partial charge in [0.15, 0.2) is 0 Å². The first-order chi connectivity index (χ1) is 9.15. The van der Waals surface area contributed by atoms with Gasteiger partial charge in [0.2, 0.25) is 0 Å². The van der Waals surface area contributed by atoms with Gasteiger partial charge in [-0.25, -0.2) is 0 Å². The molecule has 19 heavy (non-hydrogen) atoms. The van der Waals surface area contributed by atoms with Crippen LogP contribution >= 0.6 is 22.9 Å². The van der Waals surface area contributed by atoms with E-state index >= 15 is 0 Å². The van der Waals surface area contributed by atoms with Crippen LogP contribution in [0.5, 0.6) is 0 Å². The van der Waals surface area contributed by atoms with Gasteiger partial charge in [-0.15, -0.1) is 11.3 Å². The van der Waals surface area contributed by atoms with Crippen LogP contribution in [0.2, 0.25) is 5.02 Å². The molecule has 0 aliphatic rings. The Balaban J connectivity index is 1.88. The fraction of sp³-hybridized carbons (Fsp3) is 0.0714. The summed E-state index contributed by atoms with van der Waals surface area (Å²) < 4.78 is 0. The van der Waals surface area contributed by atoms with Crippen molar-refractivity contribution in [2.45, 2.75) is 6.92 Å². The zero-order valence-corrected chi connectivity index (χ0v) is 11.9. The third kappa shape index (κ3) is 4.12. The summed E-state index contributed by atoms with van der Waals surface area (Å²) in [6.07, 6.45) is 3.25. The molecule has 0 saturated heterocycles. The summed E-state index contributed by atoms with van der Waals surface area (Å²) in [5.74, 6) is -0.218. The molecule has 0 atom stereocenters. The van der Waals surface area contributed by atoms with Crippen molar-refractivity contribution in [3.8, 4) is 0 Å². The third-order valence-electron chi connectivity index (χ3n) is 2.44. The summed E-state index contributed by atoms with van der Waals surface area (Å²) in [6.45, 7) is 1.93. The first kappa shape index (κ1) is 13.6. The summed E-state index contributed by atoms with van der Waals surface area (Å²) in [4.78, 5) is 12.6. The molecule has 5 heteroatoms. The summed E-state index contributed by atoms with van der Waals surface area (Å²) in [5, 5.41) is 2.62. The summed E-state index contributed by atoms with van der Waals surface area (Å²) in [7, 11) is 0. The first-order valence-electron chi connectivity index (χ1n) is 5.69. The normalized spacial score (nSPS) is 10.6. The second kappa shape index (κ2) is 6.41. The number of benzene rings is 1. The van der Waals surface area contributed by atoms with E-state index in [-0.39, 0.29) is 5.91 Å². The number of halogens is 1. The van der Waals surface area contributed by atoms with Gasteiger partial charge in [0.25, 0.3) is 5.91 Å². The Kier molecular flexibility index (Phi) is 4.60. The highest BCUT2D eigenvalue weighted by molar-refractivity contribution is 7.10. The van der Waals surface area contributed by atoms with Crippen LogP contribution in [0.15, 0.2) is 41.8 Å². The highest BCUT2D eigenvalue weighted by atomic mass is 35.5. The molecule has 1 aromatic heterocycles. The van der Waals surface area contributed by atoms with Crippen molar-refractivity contribution in [1.29, 1.82) is 0 Å². The number of rotatable bonds is 4. The molecule has 1 amide bonds. The van der Waals surface area contributed by atoms with Crippen LogP contribution in [0.1, 0.15) is 10.4 Å². The van der Waals surface area contributed by atoms with Crippen molar-refractivity contribution in [1.82, 2.24) is 5.43 Å². The summed E-state index contributed by atoms with van der Waals surface area (Å²) in [5.41, 5.74) is 7.13. The number of thiophene rings is 1. The van der Waals surface area contributed by atoms with Crippen molar-refractivity contribution in [2.24, 2.45) is 0 Å². The van der Waals surface area contributed by atoms with E-state index in [4.69, 9.17) is 11.6 Å². The van der Waals surface area contributed by atoms with E-state index in [2.05, 4.69) is 10.9 Å². The maximum Gasteiger partial charge on any atom is 0.262 e. The average Bonchev–Trinajstić information content (AvgIpc) is 2.91. The van der Waals surface area contributed by atoms with E-state index in [9.17, 15) is 4.79 Å². The molecule has 3 nitrogen and oxygen atoms in total. The average molecular weight is 293 g/mol. The molecule has 0 spiro atoms. The number of aryl methyl sites for hydroxylation is 1. The molecule has 1 aromatic carbocycles. The SMILES string of the molecule is Cc1ccc(NNC(=O)C=Cc2cccs2)cc1Cl. The van der Waals surface area contributed by atoms with Gasteiger partial charge in [0.05, 0.1) is 5.69 Å². The molecule has 2 N–H and O–H groups in total. The number of carbonyl (C=O) groups excluding carboxylic acids is 1. The number of hydrogen-bond acceptors (Lipinski definition) is 3. The Hall–Kier alpha value is -1.78. The number of nitrogens with one attached hydrogen (secondary N) is 2. The monoisotopic (exact) mass is 292 g/mol. The van der Waals surface area contributed by atoms with Crippen LogP contribution in [0, 0.1) is 6.92 Å². The maximum absolute atomic E-state index is 11.6. The molecule has 0 aliphatic carbocycles.